The highest BCUT2D eigenvalue weighted by molar-refractivity contribution is 5.78. The first-order chi connectivity index (χ1) is 7.19. The second-order valence-corrected chi connectivity index (χ2v) is 3.38. The maximum Gasteiger partial charge on any atom is 0.313 e. The lowest BCUT2D eigenvalue weighted by molar-refractivity contribution is -0.145. The molecular weight excluding hydrogens is 190 g/mol. The summed E-state index contributed by atoms with van der Waals surface area (Å²) in [6.45, 7) is 4.19. The summed E-state index contributed by atoms with van der Waals surface area (Å²) in [7, 11) is 0. The molecule has 3 heteroatoms. The molecule has 0 aliphatic carbocycles. The summed E-state index contributed by atoms with van der Waals surface area (Å²) in [5.74, 6) is -0.376. The van der Waals surface area contributed by atoms with Crippen LogP contribution >= 0.6 is 0 Å². The van der Waals surface area contributed by atoms with Gasteiger partial charge in [-0.2, -0.15) is 0 Å². The Balaban J connectivity index is 2.87. The van der Waals surface area contributed by atoms with Crippen molar-refractivity contribution in [2.45, 2.75) is 26.2 Å². The van der Waals surface area contributed by atoms with Gasteiger partial charge in [-0.15, -0.1) is 0 Å². The van der Waals surface area contributed by atoms with E-state index in [2.05, 4.69) is 0 Å². The Morgan fingerprint density at radius 2 is 2.20 bits per heavy atom. The number of ether oxygens (including phenoxy) is 1. The van der Waals surface area contributed by atoms with Crippen LogP contribution in [-0.2, 0) is 9.53 Å². The highest BCUT2D eigenvalue weighted by Gasteiger charge is 2.19. The molecule has 0 spiro atoms. The summed E-state index contributed by atoms with van der Waals surface area (Å²) in [6, 6.07) is 7.39. The van der Waals surface area contributed by atoms with E-state index in [-0.39, 0.29) is 11.9 Å². The fourth-order valence-electron chi connectivity index (χ4n) is 1.56. The van der Waals surface area contributed by atoms with Gasteiger partial charge in [-0.05, 0) is 31.0 Å². The van der Waals surface area contributed by atoms with Gasteiger partial charge in [0, 0.05) is 5.69 Å². The van der Waals surface area contributed by atoms with Crippen molar-refractivity contribution in [2.24, 2.45) is 0 Å². The molecule has 0 aliphatic heterocycles. The van der Waals surface area contributed by atoms with Crippen molar-refractivity contribution in [3.8, 4) is 0 Å². The number of rotatable bonds is 4. The molecule has 0 saturated carbocycles. The van der Waals surface area contributed by atoms with Gasteiger partial charge in [-0.25, -0.2) is 0 Å². The van der Waals surface area contributed by atoms with E-state index < -0.39 is 0 Å². The Bertz CT molecular complexity index is 336. The third kappa shape index (κ3) is 2.98. The zero-order valence-corrected chi connectivity index (χ0v) is 9.19. The quantitative estimate of drug-likeness (QED) is 0.609. The predicted octanol–water partition coefficient (Wildman–Crippen LogP) is 2.33. The molecule has 0 amide bonds. The molecule has 0 radical (unpaired) electrons. The van der Waals surface area contributed by atoms with Gasteiger partial charge in [0.25, 0.3) is 0 Å². The molecule has 0 aliphatic rings. The molecule has 1 rings (SSSR count). The summed E-state index contributed by atoms with van der Waals surface area (Å²) in [5.41, 5.74) is 7.28. The number of nitrogens with two attached hydrogens (primary N) is 1. The summed E-state index contributed by atoms with van der Waals surface area (Å²) >= 11 is 0. The van der Waals surface area contributed by atoms with E-state index >= 15 is 0 Å². The average molecular weight is 207 g/mol. The van der Waals surface area contributed by atoms with Crippen LogP contribution in [0.1, 0.15) is 31.7 Å². The molecule has 1 atom stereocenters. The van der Waals surface area contributed by atoms with Crippen LogP contribution in [0.5, 0.6) is 0 Å². The summed E-state index contributed by atoms with van der Waals surface area (Å²) in [6.07, 6.45) is 0.724. The average Bonchev–Trinajstić information content (AvgIpc) is 2.19. The van der Waals surface area contributed by atoms with Gasteiger partial charge in [0.2, 0.25) is 0 Å². The van der Waals surface area contributed by atoms with Gasteiger partial charge in [0.1, 0.15) is 0 Å². The van der Waals surface area contributed by atoms with Gasteiger partial charge in [-0.1, -0.05) is 19.1 Å². The lowest BCUT2D eigenvalue weighted by atomic mass is 9.96. The van der Waals surface area contributed by atoms with Crippen molar-refractivity contribution >= 4 is 11.7 Å². The van der Waals surface area contributed by atoms with Crippen molar-refractivity contribution in [3.05, 3.63) is 29.8 Å². The summed E-state index contributed by atoms with van der Waals surface area (Å²) in [4.78, 5) is 11.6. The lowest BCUT2D eigenvalue weighted by Crippen LogP contribution is -2.15. The number of carbonyl (C=O) groups is 1. The Kier molecular flexibility index (Phi) is 4.16. The van der Waals surface area contributed by atoms with E-state index in [0.29, 0.717) is 12.3 Å². The van der Waals surface area contributed by atoms with E-state index in [0.717, 1.165) is 12.0 Å². The lowest BCUT2D eigenvalue weighted by Gasteiger charge is -2.14. The number of carbonyl (C=O) groups excluding carboxylic acids is 1. The smallest absolute Gasteiger partial charge is 0.313 e. The predicted molar refractivity (Wildman–Crippen MR) is 60.5 cm³/mol. The second-order valence-electron chi connectivity index (χ2n) is 3.38. The number of esters is 1. The minimum Gasteiger partial charge on any atom is -0.466 e. The zero-order valence-electron chi connectivity index (χ0n) is 9.19. The van der Waals surface area contributed by atoms with Gasteiger partial charge in [-0.3, -0.25) is 4.79 Å². The van der Waals surface area contributed by atoms with E-state index in [1.165, 1.54) is 0 Å². The topological polar surface area (TPSA) is 52.3 Å². The van der Waals surface area contributed by atoms with Crippen LogP contribution in [0.4, 0.5) is 5.69 Å². The molecule has 1 unspecified atom stereocenters. The van der Waals surface area contributed by atoms with E-state index in [4.69, 9.17) is 10.5 Å². The van der Waals surface area contributed by atoms with E-state index in [1.54, 1.807) is 6.07 Å². The number of hydrogen-bond donors (Lipinski definition) is 1. The summed E-state index contributed by atoms with van der Waals surface area (Å²) in [5, 5.41) is 0. The highest BCUT2D eigenvalue weighted by Crippen LogP contribution is 2.22. The molecule has 2 N–H and O–H groups in total. The Hall–Kier alpha value is -1.51. The van der Waals surface area contributed by atoms with Crippen molar-refractivity contribution in [1.29, 1.82) is 0 Å². The number of nitrogen functional groups attached to an aromatic ring is 1. The Morgan fingerprint density at radius 3 is 2.73 bits per heavy atom. The van der Waals surface area contributed by atoms with Gasteiger partial charge < -0.3 is 10.5 Å². The molecular formula is C12H17NO2. The van der Waals surface area contributed by atoms with Gasteiger partial charge in [0.05, 0.1) is 12.5 Å². The van der Waals surface area contributed by atoms with Crippen molar-refractivity contribution < 1.29 is 9.53 Å². The molecule has 82 valence electrons. The summed E-state index contributed by atoms with van der Waals surface area (Å²) < 4.78 is 5.01. The first-order valence-corrected chi connectivity index (χ1v) is 5.21. The van der Waals surface area contributed by atoms with Crippen LogP contribution in [0.25, 0.3) is 0 Å². The maximum absolute atomic E-state index is 11.6. The number of benzene rings is 1. The fourth-order valence-corrected chi connectivity index (χ4v) is 1.56. The van der Waals surface area contributed by atoms with Crippen molar-refractivity contribution in [1.82, 2.24) is 0 Å². The largest absolute Gasteiger partial charge is 0.466 e. The maximum atomic E-state index is 11.6. The second kappa shape index (κ2) is 5.39. The fraction of sp³-hybridized carbons (Fsp3) is 0.417. The molecule has 15 heavy (non-hydrogen) atoms. The normalized spacial score (nSPS) is 12.1. The van der Waals surface area contributed by atoms with E-state index in [9.17, 15) is 4.79 Å². The highest BCUT2D eigenvalue weighted by atomic mass is 16.5. The number of hydrogen-bond acceptors (Lipinski definition) is 3. The van der Waals surface area contributed by atoms with Crippen LogP contribution in [0.15, 0.2) is 24.3 Å². The first kappa shape index (κ1) is 11.6. The molecule has 0 aromatic heterocycles. The molecule has 3 nitrogen and oxygen atoms in total. The Labute approximate surface area is 90.2 Å². The van der Waals surface area contributed by atoms with Crippen molar-refractivity contribution in [3.63, 3.8) is 0 Å². The number of anilines is 1. The molecule has 0 bridgehead atoms. The Morgan fingerprint density at radius 1 is 1.47 bits per heavy atom. The minimum atomic E-state index is -0.201. The van der Waals surface area contributed by atoms with Gasteiger partial charge >= 0.3 is 5.97 Å². The van der Waals surface area contributed by atoms with Crippen molar-refractivity contribution in [2.75, 3.05) is 12.3 Å². The SMILES string of the molecule is CCOC(=O)C(CC)c1cccc(N)c1. The first-order valence-electron chi connectivity index (χ1n) is 5.21. The van der Waals surface area contributed by atoms with E-state index in [1.807, 2.05) is 32.0 Å². The minimum absolute atomic E-state index is 0.175. The monoisotopic (exact) mass is 207 g/mol. The third-order valence-corrected chi connectivity index (χ3v) is 2.29. The van der Waals surface area contributed by atoms with Crippen LogP contribution in [0, 0.1) is 0 Å². The van der Waals surface area contributed by atoms with Crippen LogP contribution in [0.3, 0.4) is 0 Å². The van der Waals surface area contributed by atoms with Gasteiger partial charge in [0.15, 0.2) is 0 Å². The van der Waals surface area contributed by atoms with Crippen LogP contribution in [-0.4, -0.2) is 12.6 Å². The molecule has 1 aromatic carbocycles. The zero-order chi connectivity index (χ0) is 11.3. The molecule has 0 heterocycles. The molecule has 1 aromatic rings. The molecule has 0 fully saturated rings. The van der Waals surface area contributed by atoms with Crippen LogP contribution in [0.2, 0.25) is 0 Å². The standard InChI is InChI=1S/C12H17NO2/c1-3-11(12(14)15-4-2)9-6-5-7-10(13)8-9/h5-8,11H,3-4,13H2,1-2H3. The van der Waals surface area contributed by atoms with Crippen LogP contribution < -0.4 is 5.73 Å². The third-order valence-electron chi connectivity index (χ3n) is 2.29. The molecule has 0 saturated heterocycles.